The average Bonchev–Trinajstić information content (AvgIpc) is 3.26. The number of rotatable bonds is 7. The Bertz CT molecular complexity index is 1550. The van der Waals surface area contributed by atoms with Gasteiger partial charge >= 0.3 is 0 Å². The quantitative estimate of drug-likeness (QED) is 0.438. The Balaban J connectivity index is 1.49. The predicted molar refractivity (Wildman–Crippen MR) is 179 cm³/mol. The molecule has 45 heavy (non-hydrogen) atoms. The summed E-state index contributed by atoms with van der Waals surface area (Å²) >= 11 is 1.56. The Labute approximate surface area is 270 Å². The second-order valence-corrected chi connectivity index (χ2v) is 14.9. The molecule has 1 N–H and O–H groups in total. The molecule has 1 spiro atoms. The van der Waals surface area contributed by atoms with Crippen LogP contribution in [0.5, 0.6) is 5.75 Å². The maximum atomic E-state index is 15.0. The van der Waals surface area contributed by atoms with Crippen molar-refractivity contribution in [2.75, 3.05) is 36.1 Å². The Morgan fingerprint density at radius 3 is 2.18 bits per heavy atom. The number of para-hydroxylation sites is 1. The molecule has 4 aliphatic heterocycles. The van der Waals surface area contributed by atoms with Gasteiger partial charge in [0.05, 0.1) is 35.8 Å². The van der Waals surface area contributed by atoms with Crippen molar-refractivity contribution in [2.45, 2.75) is 63.1 Å². The lowest BCUT2D eigenvalue weighted by atomic mass is 9.74. The zero-order chi connectivity index (χ0) is 32.3. The van der Waals surface area contributed by atoms with Crippen LogP contribution in [0.4, 0.5) is 11.4 Å². The predicted octanol–water partition coefficient (Wildman–Crippen LogP) is 4.91. The van der Waals surface area contributed by atoms with Gasteiger partial charge in [-0.05, 0) is 69.0 Å². The van der Waals surface area contributed by atoms with Crippen LogP contribution in [0.15, 0.2) is 66.8 Å². The SMILES string of the molecule is CCOc1ccc(N2CC=C[C@@]3(C)S[C@]45C=CCN(c6c(C)cccc6C)C(=O)C4N([C@@H](CO)C(C)C)C(=O)[C@@H]5[C@H]3C2=O)cc1. The molecular formula is C36H43N3O5S. The number of fused-ring (bicyclic) bond motifs is 2. The molecule has 6 atom stereocenters. The van der Waals surface area contributed by atoms with Gasteiger partial charge in [0.2, 0.25) is 11.8 Å². The first-order valence-electron chi connectivity index (χ1n) is 15.9. The lowest BCUT2D eigenvalue weighted by Gasteiger charge is -2.41. The second kappa shape index (κ2) is 11.7. The van der Waals surface area contributed by atoms with Gasteiger partial charge in [0.15, 0.2) is 0 Å². The van der Waals surface area contributed by atoms with E-state index in [1.807, 2.05) is 102 Å². The number of thioether (sulfide) groups is 1. The normalized spacial score (nSPS) is 29.9. The smallest absolute Gasteiger partial charge is 0.251 e. The standard InChI is InChI=1S/C36H43N3O5S/c1-7-44-26-15-13-25(14-16-26)37-19-9-17-35(6)28(32(37)41)29-33(42)39(27(21-40)22(2)3)31-34(43)38(20-10-18-36(29,31)45-35)30-23(4)11-8-12-24(30)5/h8-18,22,27-29,31,40H,7,19-21H2,1-6H3/t27-,28-,29-,31?,35+,36-/m0/s1. The number of aliphatic hydroxyl groups excluding tert-OH is 1. The zero-order valence-corrected chi connectivity index (χ0v) is 27.7. The van der Waals surface area contributed by atoms with Crippen LogP contribution in [-0.2, 0) is 14.4 Å². The fourth-order valence-electron chi connectivity index (χ4n) is 7.99. The molecule has 0 bridgehead atoms. The summed E-state index contributed by atoms with van der Waals surface area (Å²) in [7, 11) is 0. The number of hydrogen-bond acceptors (Lipinski definition) is 6. The first-order valence-corrected chi connectivity index (χ1v) is 16.7. The van der Waals surface area contributed by atoms with E-state index in [0.717, 1.165) is 28.3 Å². The number of aryl methyl sites for hydroxylation is 2. The maximum absolute atomic E-state index is 15.0. The summed E-state index contributed by atoms with van der Waals surface area (Å²) in [5.41, 5.74) is 3.52. The van der Waals surface area contributed by atoms with Crippen LogP contribution in [-0.4, -0.2) is 75.6 Å². The van der Waals surface area contributed by atoms with Crippen molar-refractivity contribution >= 4 is 40.9 Å². The Kier molecular flexibility index (Phi) is 8.14. The van der Waals surface area contributed by atoms with Gasteiger partial charge in [-0.2, -0.15) is 0 Å². The maximum Gasteiger partial charge on any atom is 0.251 e. The summed E-state index contributed by atoms with van der Waals surface area (Å²) in [5, 5.41) is 10.6. The van der Waals surface area contributed by atoms with E-state index in [9.17, 15) is 19.5 Å². The molecule has 0 radical (unpaired) electrons. The number of anilines is 2. The minimum Gasteiger partial charge on any atom is -0.494 e. The van der Waals surface area contributed by atoms with Crippen LogP contribution in [0.2, 0.25) is 0 Å². The van der Waals surface area contributed by atoms with Gasteiger partial charge in [0.1, 0.15) is 11.8 Å². The number of carbonyl (C=O) groups excluding carboxylic acids is 3. The van der Waals surface area contributed by atoms with Crippen molar-refractivity contribution in [3.8, 4) is 5.75 Å². The lowest BCUT2D eigenvalue weighted by molar-refractivity contribution is -0.143. The van der Waals surface area contributed by atoms with Gasteiger partial charge in [0.25, 0.3) is 5.91 Å². The number of amides is 3. The first-order chi connectivity index (χ1) is 21.5. The topological polar surface area (TPSA) is 90.4 Å². The third-order valence-electron chi connectivity index (χ3n) is 9.98. The molecule has 0 aromatic heterocycles. The summed E-state index contributed by atoms with van der Waals surface area (Å²) in [6.07, 6.45) is 8.10. The second-order valence-electron chi connectivity index (χ2n) is 13.1. The summed E-state index contributed by atoms with van der Waals surface area (Å²) in [5.74, 6) is -1.46. The molecule has 6 rings (SSSR count). The molecule has 2 aromatic rings. The third kappa shape index (κ3) is 4.81. The van der Waals surface area contributed by atoms with Crippen LogP contribution >= 0.6 is 11.8 Å². The summed E-state index contributed by atoms with van der Waals surface area (Å²) in [6, 6.07) is 12.0. The highest BCUT2D eigenvalue weighted by Crippen LogP contribution is 2.66. The highest BCUT2D eigenvalue weighted by molar-refractivity contribution is 8.02. The Hall–Kier alpha value is -3.56. The molecule has 0 aliphatic carbocycles. The zero-order valence-electron chi connectivity index (χ0n) is 26.9. The van der Waals surface area contributed by atoms with Gasteiger partial charge in [-0.1, -0.05) is 56.4 Å². The molecule has 4 heterocycles. The minimum absolute atomic E-state index is 0.107. The summed E-state index contributed by atoms with van der Waals surface area (Å²) < 4.78 is 3.89. The number of nitrogens with zero attached hydrogens (tertiary/aromatic N) is 3. The van der Waals surface area contributed by atoms with E-state index in [1.54, 1.807) is 26.5 Å². The van der Waals surface area contributed by atoms with Gasteiger partial charge in [-0.3, -0.25) is 14.4 Å². The largest absolute Gasteiger partial charge is 0.494 e. The van der Waals surface area contributed by atoms with Crippen LogP contribution in [0.25, 0.3) is 0 Å². The summed E-state index contributed by atoms with van der Waals surface area (Å²) in [4.78, 5) is 49.8. The third-order valence-corrected chi connectivity index (χ3v) is 11.8. The fourth-order valence-corrected chi connectivity index (χ4v) is 10.1. The van der Waals surface area contributed by atoms with Crippen molar-refractivity contribution in [3.63, 3.8) is 0 Å². The fraction of sp³-hybridized carbons (Fsp3) is 0.472. The Morgan fingerprint density at radius 2 is 1.56 bits per heavy atom. The summed E-state index contributed by atoms with van der Waals surface area (Å²) in [6.45, 7) is 12.9. The van der Waals surface area contributed by atoms with Crippen LogP contribution in [0.3, 0.4) is 0 Å². The number of aliphatic hydroxyl groups is 1. The molecule has 238 valence electrons. The van der Waals surface area contributed by atoms with Gasteiger partial charge in [-0.15, -0.1) is 11.8 Å². The van der Waals surface area contributed by atoms with Gasteiger partial charge in [-0.25, -0.2) is 0 Å². The van der Waals surface area contributed by atoms with Crippen molar-refractivity contribution < 1.29 is 24.2 Å². The van der Waals surface area contributed by atoms with Crippen LogP contribution in [0, 0.1) is 31.6 Å². The van der Waals surface area contributed by atoms with E-state index in [4.69, 9.17) is 4.74 Å². The molecule has 1 unspecified atom stereocenters. The van der Waals surface area contributed by atoms with E-state index in [1.165, 1.54) is 0 Å². The monoisotopic (exact) mass is 629 g/mol. The molecular weight excluding hydrogens is 586 g/mol. The van der Waals surface area contributed by atoms with E-state index >= 15 is 0 Å². The number of benzene rings is 2. The average molecular weight is 630 g/mol. The minimum atomic E-state index is -0.997. The number of ether oxygens (including phenoxy) is 1. The molecule has 9 heteroatoms. The Morgan fingerprint density at radius 1 is 0.911 bits per heavy atom. The van der Waals surface area contributed by atoms with E-state index < -0.39 is 33.4 Å². The molecule has 3 amide bonds. The highest BCUT2D eigenvalue weighted by Gasteiger charge is 2.74. The first kappa shape index (κ1) is 31.4. The molecule has 2 fully saturated rings. The van der Waals surface area contributed by atoms with E-state index in [2.05, 4.69) is 6.08 Å². The van der Waals surface area contributed by atoms with Crippen LogP contribution in [0.1, 0.15) is 38.8 Å². The molecule has 8 nitrogen and oxygen atoms in total. The van der Waals surface area contributed by atoms with Crippen molar-refractivity contribution in [2.24, 2.45) is 17.8 Å². The van der Waals surface area contributed by atoms with E-state index in [-0.39, 0.29) is 30.2 Å². The van der Waals surface area contributed by atoms with Gasteiger partial charge < -0.3 is 24.5 Å². The highest BCUT2D eigenvalue weighted by atomic mass is 32.2. The van der Waals surface area contributed by atoms with Crippen molar-refractivity contribution in [1.82, 2.24) is 4.90 Å². The van der Waals surface area contributed by atoms with Crippen molar-refractivity contribution in [3.05, 3.63) is 77.9 Å². The molecule has 4 aliphatic rings. The molecule has 2 aromatic carbocycles. The lowest BCUT2D eigenvalue weighted by Crippen LogP contribution is -2.58. The molecule has 0 saturated carbocycles. The number of carbonyl (C=O) groups is 3. The number of likely N-dealkylation sites (tertiary alicyclic amines) is 1. The number of hydrogen-bond donors (Lipinski definition) is 1. The van der Waals surface area contributed by atoms with Gasteiger partial charge in [0, 0.05) is 29.2 Å². The molecule has 2 saturated heterocycles. The van der Waals surface area contributed by atoms with Crippen LogP contribution < -0.4 is 14.5 Å². The van der Waals surface area contributed by atoms with E-state index in [0.29, 0.717) is 19.7 Å². The van der Waals surface area contributed by atoms with Crippen molar-refractivity contribution in [1.29, 1.82) is 0 Å².